The number of nitrogens with zero attached hydrogens (tertiary/aromatic N) is 4. The van der Waals surface area contributed by atoms with Crippen LogP contribution in [0.1, 0.15) is 24.0 Å². The van der Waals surface area contributed by atoms with Gasteiger partial charge in [0.05, 0.1) is 25.7 Å². The van der Waals surface area contributed by atoms with E-state index >= 15 is 0 Å². The Balaban J connectivity index is 1.45. The second kappa shape index (κ2) is 11.7. The van der Waals surface area contributed by atoms with Crippen molar-refractivity contribution in [2.45, 2.75) is 44.1 Å². The number of benzene rings is 2. The van der Waals surface area contributed by atoms with Gasteiger partial charge in [0, 0.05) is 26.1 Å². The topological polar surface area (TPSA) is 85.4 Å². The van der Waals surface area contributed by atoms with Gasteiger partial charge in [0.15, 0.2) is 0 Å². The average molecular weight is 516 g/mol. The molecule has 0 spiro atoms. The standard InChI is InChI=1S/C29H33N5O4/c1-2-15-32-21-27(35)33-25(17-22-10-5-3-6-11-22)28(36)31(19-24-14-9-16-38-24)20-26(33)34(32)29(37)30-18-23-12-7-4-8-13-23/h1,3-8,10-13,24-26H,9,14-21H2,(H,30,37)/t24?,25-,26-/m0/s1. The van der Waals surface area contributed by atoms with Crippen LogP contribution < -0.4 is 5.32 Å². The molecule has 3 aliphatic heterocycles. The summed E-state index contributed by atoms with van der Waals surface area (Å²) >= 11 is 0. The van der Waals surface area contributed by atoms with Crippen LogP contribution in [-0.4, -0.2) is 88.8 Å². The van der Waals surface area contributed by atoms with E-state index in [9.17, 15) is 14.4 Å². The Morgan fingerprint density at radius 1 is 1.05 bits per heavy atom. The van der Waals surface area contributed by atoms with Gasteiger partial charge in [0.1, 0.15) is 12.2 Å². The molecule has 5 rings (SSSR count). The summed E-state index contributed by atoms with van der Waals surface area (Å²) in [5.74, 6) is 2.23. The fourth-order valence-electron chi connectivity index (χ4n) is 5.53. The third-order valence-corrected chi connectivity index (χ3v) is 7.32. The molecule has 2 aromatic carbocycles. The molecule has 38 heavy (non-hydrogen) atoms. The molecule has 3 fully saturated rings. The van der Waals surface area contributed by atoms with E-state index in [0.29, 0.717) is 26.1 Å². The zero-order chi connectivity index (χ0) is 26.5. The highest BCUT2D eigenvalue weighted by molar-refractivity contribution is 5.91. The van der Waals surface area contributed by atoms with E-state index in [-0.39, 0.29) is 43.6 Å². The van der Waals surface area contributed by atoms with Crippen LogP contribution in [0.5, 0.6) is 0 Å². The van der Waals surface area contributed by atoms with Crippen molar-refractivity contribution in [1.29, 1.82) is 0 Å². The zero-order valence-corrected chi connectivity index (χ0v) is 21.4. The van der Waals surface area contributed by atoms with Crippen molar-refractivity contribution in [2.75, 3.05) is 32.8 Å². The highest BCUT2D eigenvalue weighted by Gasteiger charge is 2.51. The smallest absolute Gasteiger partial charge is 0.334 e. The van der Waals surface area contributed by atoms with Crippen molar-refractivity contribution in [3.63, 3.8) is 0 Å². The van der Waals surface area contributed by atoms with Crippen molar-refractivity contribution < 1.29 is 19.1 Å². The molecule has 3 atom stereocenters. The molecule has 198 valence electrons. The van der Waals surface area contributed by atoms with Crippen LogP contribution in [0.4, 0.5) is 4.79 Å². The first kappa shape index (κ1) is 25.8. The maximum atomic E-state index is 13.8. The first-order valence-corrected chi connectivity index (χ1v) is 13.1. The number of hydrogen-bond donors (Lipinski definition) is 1. The number of terminal acetylenes is 1. The van der Waals surface area contributed by atoms with Gasteiger partial charge in [-0.1, -0.05) is 66.6 Å². The molecular formula is C29H33N5O4. The summed E-state index contributed by atoms with van der Waals surface area (Å²) in [4.78, 5) is 44.4. The van der Waals surface area contributed by atoms with Gasteiger partial charge in [-0.05, 0) is 24.0 Å². The Hall–Kier alpha value is -3.87. The van der Waals surface area contributed by atoms with E-state index < -0.39 is 12.2 Å². The Morgan fingerprint density at radius 2 is 1.76 bits per heavy atom. The molecule has 9 heteroatoms. The molecule has 0 bridgehead atoms. The predicted octanol–water partition coefficient (Wildman–Crippen LogP) is 1.85. The van der Waals surface area contributed by atoms with Crippen LogP contribution >= 0.6 is 0 Å². The highest BCUT2D eigenvalue weighted by atomic mass is 16.5. The number of rotatable bonds is 7. The molecule has 1 unspecified atom stereocenters. The van der Waals surface area contributed by atoms with Crippen LogP contribution in [0.2, 0.25) is 0 Å². The number of ether oxygens (including phenoxy) is 1. The number of amides is 4. The van der Waals surface area contributed by atoms with Gasteiger partial charge in [-0.15, -0.1) is 6.42 Å². The summed E-state index contributed by atoms with van der Waals surface area (Å²) < 4.78 is 5.83. The van der Waals surface area contributed by atoms with E-state index in [0.717, 1.165) is 24.0 Å². The average Bonchev–Trinajstić information content (AvgIpc) is 3.44. The fourth-order valence-corrected chi connectivity index (χ4v) is 5.53. The minimum absolute atomic E-state index is 0.0515. The maximum absolute atomic E-state index is 13.8. The number of piperazine rings is 1. The van der Waals surface area contributed by atoms with E-state index in [1.807, 2.05) is 60.7 Å². The molecule has 0 aromatic heterocycles. The van der Waals surface area contributed by atoms with Crippen molar-refractivity contribution >= 4 is 17.8 Å². The number of carbonyl (C=O) groups excluding carboxylic acids is 3. The first-order valence-electron chi connectivity index (χ1n) is 13.1. The Labute approximate surface area is 223 Å². The number of hydrazine groups is 1. The lowest BCUT2D eigenvalue weighted by atomic mass is 9.98. The maximum Gasteiger partial charge on any atom is 0.334 e. The molecule has 4 amide bonds. The summed E-state index contributed by atoms with van der Waals surface area (Å²) in [5, 5.41) is 6.12. The number of hydrogen-bond acceptors (Lipinski definition) is 5. The number of nitrogens with one attached hydrogen (secondary N) is 1. The van der Waals surface area contributed by atoms with Gasteiger partial charge in [-0.3, -0.25) is 9.59 Å². The van der Waals surface area contributed by atoms with Gasteiger partial charge in [-0.2, -0.15) is 5.01 Å². The van der Waals surface area contributed by atoms with Crippen LogP contribution in [-0.2, 0) is 27.3 Å². The lowest BCUT2D eigenvalue weighted by Crippen LogP contribution is -2.77. The van der Waals surface area contributed by atoms with E-state index in [2.05, 4.69) is 11.2 Å². The first-order chi connectivity index (χ1) is 18.5. The molecule has 0 saturated carbocycles. The molecule has 3 aliphatic rings. The quantitative estimate of drug-likeness (QED) is 0.569. The van der Waals surface area contributed by atoms with Gasteiger partial charge in [0.2, 0.25) is 11.8 Å². The van der Waals surface area contributed by atoms with Gasteiger partial charge in [0.25, 0.3) is 0 Å². The monoisotopic (exact) mass is 515 g/mol. The van der Waals surface area contributed by atoms with Gasteiger partial charge in [-0.25, -0.2) is 9.80 Å². The molecule has 2 aromatic rings. The summed E-state index contributed by atoms with van der Waals surface area (Å²) in [6.07, 6.45) is 7.09. The van der Waals surface area contributed by atoms with Crippen LogP contribution in [0.15, 0.2) is 60.7 Å². The summed E-state index contributed by atoms with van der Waals surface area (Å²) in [6, 6.07) is 18.2. The minimum atomic E-state index is -0.734. The molecule has 1 N–H and O–H groups in total. The van der Waals surface area contributed by atoms with Crippen LogP contribution in [0.25, 0.3) is 0 Å². The van der Waals surface area contributed by atoms with Crippen molar-refractivity contribution in [3.05, 3.63) is 71.8 Å². The number of carbonyl (C=O) groups is 3. The normalized spacial score (nSPS) is 23.8. The molecule has 0 radical (unpaired) electrons. The Bertz CT molecular complexity index is 1180. The highest BCUT2D eigenvalue weighted by Crippen LogP contribution is 2.29. The summed E-state index contributed by atoms with van der Waals surface area (Å²) in [6.45, 7) is 1.64. The molecule has 9 nitrogen and oxygen atoms in total. The van der Waals surface area contributed by atoms with E-state index in [4.69, 9.17) is 11.2 Å². The van der Waals surface area contributed by atoms with Crippen molar-refractivity contribution in [1.82, 2.24) is 25.1 Å². The number of fused-ring (bicyclic) bond motifs is 1. The molecule has 3 saturated heterocycles. The molecule has 3 heterocycles. The van der Waals surface area contributed by atoms with E-state index in [1.54, 1.807) is 14.8 Å². The minimum Gasteiger partial charge on any atom is -0.376 e. The Morgan fingerprint density at radius 3 is 2.42 bits per heavy atom. The zero-order valence-electron chi connectivity index (χ0n) is 21.4. The van der Waals surface area contributed by atoms with Gasteiger partial charge >= 0.3 is 6.03 Å². The third-order valence-electron chi connectivity index (χ3n) is 7.32. The number of urea groups is 1. The lowest BCUT2D eigenvalue weighted by molar-refractivity contribution is -0.189. The molecular weight excluding hydrogens is 482 g/mol. The fraction of sp³-hybridized carbons (Fsp3) is 0.414. The largest absolute Gasteiger partial charge is 0.376 e. The summed E-state index contributed by atoms with van der Waals surface area (Å²) in [5.41, 5.74) is 1.90. The second-order valence-electron chi connectivity index (χ2n) is 9.88. The van der Waals surface area contributed by atoms with Crippen LogP contribution in [0.3, 0.4) is 0 Å². The predicted molar refractivity (Wildman–Crippen MR) is 141 cm³/mol. The third kappa shape index (κ3) is 5.52. The van der Waals surface area contributed by atoms with Gasteiger partial charge < -0.3 is 19.9 Å². The molecule has 0 aliphatic carbocycles. The van der Waals surface area contributed by atoms with Crippen molar-refractivity contribution in [2.24, 2.45) is 0 Å². The van der Waals surface area contributed by atoms with Crippen LogP contribution in [0, 0.1) is 12.3 Å². The van der Waals surface area contributed by atoms with Crippen molar-refractivity contribution in [3.8, 4) is 12.3 Å². The SMILES string of the molecule is C#CCN1CC(=O)N2[C@@H](Cc3ccccc3)C(=O)N(CC3CCCO3)C[C@@H]2N1C(=O)NCc1ccccc1. The van der Waals surface area contributed by atoms with E-state index in [1.165, 1.54) is 5.01 Å². The Kier molecular flexibility index (Phi) is 7.91. The lowest BCUT2D eigenvalue weighted by Gasteiger charge is -2.55. The summed E-state index contributed by atoms with van der Waals surface area (Å²) in [7, 11) is 0. The second-order valence-corrected chi connectivity index (χ2v) is 9.88.